The molecule has 5 nitrogen and oxygen atoms in total. The SMILES string of the molecule is Cc1cccc2[nH]c(CCC(=O)N3CCCC3CC(C)O)nc12. The number of likely N-dealkylation sites (tertiary alicyclic amines) is 1. The number of carbonyl (C=O) groups excluding carboxylic acids is 1. The third-order valence-electron chi connectivity index (χ3n) is 4.65. The molecule has 1 aromatic heterocycles. The zero-order valence-corrected chi connectivity index (χ0v) is 13.9. The number of imidazole rings is 1. The van der Waals surface area contributed by atoms with Crippen molar-refractivity contribution in [1.29, 1.82) is 0 Å². The number of hydrogen-bond acceptors (Lipinski definition) is 3. The fourth-order valence-electron chi connectivity index (χ4n) is 3.52. The van der Waals surface area contributed by atoms with E-state index in [1.54, 1.807) is 6.92 Å². The minimum absolute atomic E-state index is 0.172. The molecule has 0 bridgehead atoms. The molecule has 2 aromatic rings. The fourth-order valence-corrected chi connectivity index (χ4v) is 3.52. The number of aromatic amines is 1. The minimum Gasteiger partial charge on any atom is -0.393 e. The molecule has 2 unspecified atom stereocenters. The van der Waals surface area contributed by atoms with E-state index in [1.165, 1.54) is 0 Å². The number of rotatable bonds is 5. The first kappa shape index (κ1) is 16.0. The van der Waals surface area contributed by atoms with Crippen LogP contribution in [0.2, 0.25) is 0 Å². The van der Waals surface area contributed by atoms with Gasteiger partial charge in [-0.25, -0.2) is 4.98 Å². The van der Waals surface area contributed by atoms with Gasteiger partial charge < -0.3 is 15.0 Å². The standard InChI is InChI=1S/C18H25N3O2/c1-12-5-3-7-15-18(12)20-16(19-15)8-9-17(23)21-10-4-6-14(21)11-13(2)22/h3,5,7,13-14,22H,4,6,8-11H2,1-2H3,(H,19,20). The highest BCUT2D eigenvalue weighted by molar-refractivity contribution is 5.79. The largest absolute Gasteiger partial charge is 0.393 e. The van der Waals surface area contributed by atoms with Crippen molar-refractivity contribution in [3.63, 3.8) is 0 Å². The topological polar surface area (TPSA) is 69.2 Å². The number of aliphatic hydroxyl groups excluding tert-OH is 1. The molecule has 124 valence electrons. The van der Waals surface area contributed by atoms with Gasteiger partial charge in [0.2, 0.25) is 5.91 Å². The number of benzene rings is 1. The Morgan fingerprint density at radius 3 is 3.09 bits per heavy atom. The number of aliphatic hydroxyl groups is 1. The lowest BCUT2D eigenvalue weighted by atomic mass is 10.1. The zero-order chi connectivity index (χ0) is 16.4. The van der Waals surface area contributed by atoms with Crippen LogP contribution in [-0.2, 0) is 11.2 Å². The third kappa shape index (κ3) is 3.55. The Labute approximate surface area is 136 Å². The number of aromatic nitrogens is 2. The average molecular weight is 315 g/mol. The summed E-state index contributed by atoms with van der Waals surface area (Å²) in [6.45, 7) is 4.65. The number of aryl methyl sites for hydroxylation is 2. The summed E-state index contributed by atoms with van der Waals surface area (Å²) in [5.74, 6) is 1.04. The summed E-state index contributed by atoms with van der Waals surface area (Å²) >= 11 is 0. The van der Waals surface area contributed by atoms with Gasteiger partial charge in [-0.3, -0.25) is 4.79 Å². The van der Waals surface area contributed by atoms with Crippen LogP contribution in [-0.4, -0.2) is 44.6 Å². The van der Waals surface area contributed by atoms with E-state index in [0.29, 0.717) is 19.3 Å². The Bertz CT molecular complexity index is 693. The van der Waals surface area contributed by atoms with Crippen LogP contribution in [0.4, 0.5) is 0 Å². The predicted octanol–water partition coefficient (Wildman–Crippen LogP) is 2.57. The molecule has 2 heterocycles. The third-order valence-corrected chi connectivity index (χ3v) is 4.65. The molecule has 1 amide bonds. The number of para-hydroxylation sites is 1. The lowest BCUT2D eigenvalue weighted by molar-refractivity contribution is -0.132. The van der Waals surface area contributed by atoms with E-state index in [0.717, 1.165) is 41.8 Å². The van der Waals surface area contributed by atoms with Crippen LogP contribution in [0, 0.1) is 6.92 Å². The molecule has 1 aliphatic heterocycles. The summed E-state index contributed by atoms with van der Waals surface area (Å²) < 4.78 is 0. The number of H-pyrrole nitrogens is 1. The van der Waals surface area contributed by atoms with Crippen molar-refractivity contribution >= 4 is 16.9 Å². The minimum atomic E-state index is -0.355. The Kier molecular flexibility index (Phi) is 4.66. The lowest BCUT2D eigenvalue weighted by Crippen LogP contribution is -2.37. The molecule has 23 heavy (non-hydrogen) atoms. The molecule has 2 atom stereocenters. The summed E-state index contributed by atoms with van der Waals surface area (Å²) in [6, 6.07) is 6.26. The molecule has 0 aliphatic carbocycles. The molecule has 0 radical (unpaired) electrons. The Morgan fingerprint density at radius 1 is 1.52 bits per heavy atom. The Morgan fingerprint density at radius 2 is 2.35 bits per heavy atom. The van der Waals surface area contributed by atoms with Gasteiger partial charge in [0.05, 0.1) is 17.1 Å². The summed E-state index contributed by atoms with van der Waals surface area (Å²) in [4.78, 5) is 22.4. The Balaban J connectivity index is 1.62. The highest BCUT2D eigenvalue weighted by atomic mass is 16.3. The molecule has 1 aliphatic rings. The fraction of sp³-hybridized carbons (Fsp3) is 0.556. The van der Waals surface area contributed by atoms with Crippen LogP contribution in [0.1, 0.15) is 44.0 Å². The maximum absolute atomic E-state index is 12.5. The van der Waals surface area contributed by atoms with Gasteiger partial charge in [0.1, 0.15) is 5.82 Å². The second-order valence-corrected chi connectivity index (χ2v) is 6.62. The first-order valence-corrected chi connectivity index (χ1v) is 8.46. The van der Waals surface area contributed by atoms with Crippen LogP contribution in [0.5, 0.6) is 0 Å². The number of nitrogens with zero attached hydrogens (tertiary/aromatic N) is 2. The highest BCUT2D eigenvalue weighted by Gasteiger charge is 2.29. The predicted molar refractivity (Wildman–Crippen MR) is 90.2 cm³/mol. The second kappa shape index (κ2) is 6.71. The maximum atomic E-state index is 12.5. The first-order valence-electron chi connectivity index (χ1n) is 8.46. The van der Waals surface area contributed by atoms with E-state index >= 15 is 0 Å². The monoisotopic (exact) mass is 315 g/mol. The summed E-state index contributed by atoms with van der Waals surface area (Å²) in [5, 5.41) is 9.57. The Hall–Kier alpha value is -1.88. The number of fused-ring (bicyclic) bond motifs is 1. The van der Waals surface area contributed by atoms with Crippen molar-refractivity contribution in [2.24, 2.45) is 0 Å². The van der Waals surface area contributed by atoms with Crippen molar-refractivity contribution in [1.82, 2.24) is 14.9 Å². The molecule has 1 saturated heterocycles. The molecule has 1 fully saturated rings. The highest BCUT2D eigenvalue weighted by Crippen LogP contribution is 2.23. The van der Waals surface area contributed by atoms with Crippen LogP contribution in [0.3, 0.4) is 0 Å². The normalized spacial score (nSPS) is 19.4. The van der Waals surface area contributed by atoms with Gasteiger partial charge in [-0.2, -0.15) is 0 Å². The van der Waals surface area contributed by atoms with Crippen LogP contribution in [0.15, 0.2) is 18.2 Å². The van der Waals surface area contributed by atoms with Crippen molar-refractivity contribution in [2.75, 3.05) is 6.54 Å². The zero-order valence-electron chi connectivity index (χ0n) is 13.9. The van der Waals surface area contributed by atoms with Gasteiger partial charge >= 0.3 is 0 Å². The van der Waals surface area contributed by atoms with Crippen molar-refractivity contribution < 1.29 is 9.90 Å². The van der Waals surface area contributed by atoms with Crippen molar-refractivity contribution in [3.8, 4) is 0 Å². The van der Waals surface area contributed by atoms with E-state index in [-0.39, 0.29) is 18.1 Å². The smallest absolute Gasteiger partial charge is 0.223 e. The maximum Gasteiger partial charge on any atom is 0.223 e. The molecule has 3 rings (SSSR count). The number of carbonyl (C=O) groups is 1. The van der Waals surface area contributed by atoms with Crippen molar-refractivity contribution in [3.05, 3.63) is 29.6 Å². The van der Waals surface area contributed by atoms with Gasteiger partial charge in [-0.05, 0) is 44.7 Å². The van der Waals surface area contributed by atoms with Crippen molar-refractivity contribution in [2.45, 2.75) is 58.1 Å². The summed E-state index contributed by atoms with van der Waals surface area (Å²) in [5.41, 5.74) is 3.16. The molecular formula is C18H25N3O2. The molecule has 0 spiro atoms. The van der Waals surface area contributed by atoms with Crippen LogP contribution < -0.4 is 0 Å². The van der Waals surface area contributed by atoms with Gasteiger partial charge in [0.25, 0.3) is 0 Å². The average Bonchev–Trinajstić information content (AvgIpc) is 3.11. The van der Waals surface area contributed by atoms with E-state index in [9.17, 15) is 9.90 Å². The van der Waals surface area contributed by atoms with E-state index in [2.05, 4.69) is 9.97 Å². The number of nitrogens with one attached hydrogen (secondary N) is 1. The second-order valence-electron chi connectivity index (χ2n) is 6.62. The summed E-state index contributed by atoms with van der Waals surface area (Å²) in [6.07, 6.45) is 3.45. The van der Waals surface area contributed by atoms with E-state index in [4.69, 9.17) is 0 Å². The number of hydrogen-bond donors (Lipinski definition) is 2. The van der Waals surface area contributed by atoms with Gasteiger partial charge in [-0.1, -0.05) is 12.1 Å². The molecular weight excluding hydrogens is 290 g/mol. The van der Waals surface area contributed by atoms with E-state index < -0.39 is 0 Å². The van der Waals surface area contributed by atoms with Gasteiger partial charge in [0, 0.05) is 25.4 Å². The summed E-state index contributed by atoms with van der Waals surface area (Å²) in [7, 11) is 0. The van der Waals surface area contributed by atoms with Crippen LogP contribution in [0.25, 0.3) is 11.0 Å². The molecule has 5 heteroatoms. The van der Waals surface area contributed by atoms with Gasteiger partial charge in [0.15, 0.2) is 0 Å². The molecule has 1 aromatic carbocycles. The lowest BCUT2D eigenvalue weighted by Gasteiger charge is -2.25. The number of amides is 1. The molecule has 2 N–H and O–H groups in total. The first-order chi connectivity index (χ1) is 11.0. The van der Waals surface area contributed by atoms with Gasteiger partial charge in [-0.15, -0.1) is 0 Å². The molecule has 0 saturated carbocycles. The van der Waals surface area contributed by atoms with E-state index in [1.807, 2.05) is 30.0 Å². The van der Waals surface area contributed by atoms with Crippen LogP contribution >= 0.6 is 0 Å². The quantitative estimate of drug-likeness (QED) is 0.891.